The van der Waals surface area contributed by atoms with Crippen molar-refractivity contribution in [3.8, 4) is 18.2 Å². The van der Waals surface area contributed by atoms with Gasteiger partial charge in [0.25, 0.3) is 0 Å². The summed E-state index contributed by atoms with van der Waals surface area (Å²) in [5, 5.41) is 30.8. The molecule has 0 saturated heterocycles. The van der Waals surface area contributed by atoms with Gasteiger partial charge in [-0.05, 0) is 41.2 Å². The van der Waals surface area contributed by atoms with Crippen LogP contribution in [0.4, 0.5) is 5.69 Å². The van der Waals surface area contributed by atoms with Crippen molar-refractivity contribution >= 4 is 16.5 Å². The van der Waals surface area contributed by atoms with E-state index in [1.165, 1.54) is 0 Å². The molecule has 0 aliphatic heterocycles. The Labute approximate surface area is 159 Å². The molecule has 0 fully saturated rings. The molecule has 0 N–H and O–H groups in total. The molecule has 4 nitrogen and oxygen atoms in total. The Morgan fingerprint density at radius 1 is 0.963 bits per heavy atom. The molecule has 27 heavy (non-hydrogen) atoms. The number of nitriles is 3. The normalized spacial score (nSPS) is 15.6. The Bertz CT molecular complexity index is 1080. The van der Waals surface area contributed by atoms with Crippen molar-refractivity contribution in [3.63, 3.8) is 0 Å². The van der Waals surface area contributed by atoms with E-state index in [0.717, 1.165) is 22.2 Å². The lowest BCUT2D eigenvalue weighted by molar-refractivity contribution is 0.345. The van der Waals surface area contributed by atoms with Gasteiger partial charge in [-0.3, -0.25) is 0 Å². The van der Waals surface area contributed by atoms with Crippen LogP contribution in [-0.4, -0.2) is 7.05 Å². The number of fused-ring (bicyclic) bond motifs is 1. The number of nitrogens with zero attached hydrogens (tertiary/aromatic N) is 4. The van der Waals surface area contributed by atoms with Crippen LogP contribution in [0.3, 0.4) is 0 Å². The van der Waals surface area contributed by atoms with Crippen LogP contribution in [0, 0.1) is 39.4 Å². The monoisotopic (exact) mass is 352 g/mol. The minimum atomic E-state index is -0.144. The van der Waals surface area contributed by atoms with Gasteiger partial charge in [-0.25, -0.2) is 0 Å². The molecule has 1 aliphatic rings. The lowest BCUT2D eigenvalue weighted by Crippen LogP contribution is -2.29. The van der Waals surface area contributed by atoms with Crippen molar-refractivity contribution in [3.05, 3.63) is 64.9 Å². The summed E-state index contributed by atoms with van der Waals surface area (Å²) in [4.78, 5) is 2.01. The minimum absolute atomic E-state index is 0.0312. The zero-order valence-corrected chi connectivity index (χ0v) is 15.7. The zero-order chi connectivity index (χ0) is 19.6. The average Bonchev–Trinajstić information content (AvgIpc) is 2.67. The summed E-state index contributed by atoms with van der Waals surface area (Å²) in [6.45, 7) is 4.20. The summed E-state index contributed by atoms with van der Waals surface area (Å²) < 4.78 is 0. The van der Waals surface area contributed by atoms with Gasteiger partial charge in [0, 0.05) is 24.0 Å². The van der Waals surface area contributed by atoms with Crippen molar-refractivity contribution in [2.75, 3.05) is 11.9 Å². The quantitative estimate of drug-likeness (QED) is 0.695. The molecule has 0 spiro atoms. The van der Waals surface area contributed by atoms with Crippen molar-refractivity contribution in [1.82, 2.24) is 0 Å². The van der Waals surface area contributed by atoms with Gasteiger partial charge in [-0.15, -0.1) is 0 Å². The van der Waals surface area contributed by atoms with Crippen molar-refractivity contribution in [2.24, 2.45) is 5.41 Å². The Morgan fingerprint density at radius 3 is 2.26 bits per heavy atom. The van der Waals surface area contributed by atoms with Crippen LogP contribution in [0.2, 0.25) is 0 Å². The molecule has 3 rings (SSSR count). The maximum absolute atomic E-state index is 9.82. The van der Waals surface area contributed by atoms with Crippen LogP contribution in [0.15, 0.2) is 64.9 Å². The van der Waals surface area contributed by atoms with E-state index in [1.54, 1.807) is 0 Å². The third-order valence-corrected chi connectivity index (χ3v) is 5.05. The first-order chi connectivity index (χ1) is 12.9. The first-order valence-electron chi connectivity index (χ1n) is 8.79. The molecule has 0 radical (unpaired) electrons. The molecule has 0 atom stereocenters. The SMILES string of the molecule is CN(C1=C(C#N)C(=C(C#N)C#N)CC(C)(C)C1)c1ccc2ccccc2c1. The first kappa shape index (κ1) is 18.2. The Hall–Kier alpha value is -3.55. The maximum Gasteiger partial charge on any atom is 0.134 e. The molecule has 0 heterocycles. The fraction of sp³-hybridized carbons (Fsp3) is 0.261. The first-order valence-corrected chi connectivity index (χ1v) is 8.79. The molecule has 2 aromatic rings. The second-order valence-corrected chi connectivity index (χ2v) is 7.62. The Kier molecular flexibility index (Phi) is 4.72. The molecular formula is C23H20N4. The summed E-state index contributed by atoms with van der Waals surface area (Å²) in [7, 11) is 1.94. The van der Waals surface area contributed by atoms with Gasteiger partial charge in [-0.1, -0.05) is 44.2 Å². The van der Waals surface area contributed by atoms with E-state index in [0.29, 0.717) is 24.0 Å². The molecule has 0 aromatic heterocycles. The number of hydrogen-bond acceptors (Lipinski definition) is 4. The topological polar surface area (TPSA) is 74.6 Å². The van der Waals surface area contributed by atoms with E-state index in [1.807, 2.05) is 42.3 Å². The highest BCUT2D eigenvalue weighted by Gasteiger charge is 2.34. The molecule has 2 aromatic carbocycles. The molecule has 132 valence electrons. The second kappa shape index (κ2) is 6.99. The molecule has 0 bridgehead atoms. The van der Waals surface area contributed by atoms with E-state index < -0.39 is 0 Å². The largest absolute Gasteiger partial charge is 0.347 e. The number of hydrogen-bond donors (Lipinski definition) is 0. The minimum Gasteiger partial charge on any atom is -0.347 e. The molecule has 4 heteroatoms. The zero-order valence-electron chi connectivity index (χ0n) is 15.7. The van der Waals surface area contributed by atoms with Crippen LogP contribution in [0.25, 0.3) is 10.8 Å². The Balaban J connectivity index is 2.19. The Morgan fingerprint density at radius 2 is 1.63 bits per heavy atom. The number of benzene rings is 2. The molecule has 0 amide bonds. The fourth-order valence-electron chi connectivity index (χ4n) is 3.68. The standard InChI is InChI=1S/C23H20N4/c1-23(2)11-20(18(13-24)14-25)21(15-26)22(12-23)27(3)19-9-8-16-6-4-5-7-17(16)10-19/h4-10H,11-12H2,1-3H3. The fourth-order valence-corrected chi connectivity index (χ4v) is 3.68. The molecule has 1 aliphatic carbocycles. The predicted molar refractivity (Wildman–Crippen MR) is 106 cm³/mol. The number of anilines is 1. The van der Waals surface area contributed by atoms with Gasteiger partial charge in [0.2, 0.25) is 0 Å². The highest BCUT2D eigenvalue weighted by atomic mass is 15.1. The third-order valence-electron chi connectivity index (χ3n) is 5.05. The van der Waals surface area contributed by atoms with Gasteiger partial charge >= 0.3 is 0 Å². The average molecular weight is 352 g/mol. The summed E-state index contributed by atoms with van der Waals surface area (Å²) in [6.07, 6.45) is 1.24. The van der Waals surface area contributed by atoms with Gasteiger partial charge in [-0.2, -0.15) is 15.8 Å². The summed E-state index contributed by atoms with van der Waals surface area (Å²) in [5.41, 5.74) is 2.72. The second-order valence-electron chi connectivity index (χ2n) is 7.62. The van der Waals surface area contributed by atoms with Crippen molar-refractivity contribution < 1.29 is 0 Å². The predicted octanol–water partition coefficient (Wildman–Crippen LogP) is 5.22. The van der Waals surface area contributed by atoms with Gasteiger partial charge in [0.15, 0.2) is 0 Å². The molecule has 0 unspecified atom stereocenters. The lowest BCUT2D eigenvalue weighted by atomic mass is 9.72. The van der Waals surface area contributed by atoms with Crippen LogP contribution in [-0.2, 0) is 0 Å². The number of rotatable bonds is 2. The van der Waals surface area contributed by atoms with Crippen LogP contribution in [0.5, 0.6) is 0 Å². The maximum atomic E-state index is 9.82. The highest BCUT2D eigenvalue weighted by Crippen LogP contribution is 2.44. The van der Waals surface area contributed by atoms with E-state index in [9.17, 15) is 15.8 Å². The van der Waals surface area contributed by atoms with E-state index in [4.69, 9.17) is 0 Å². The highest BCUT2D eigenvalue weighted by molar-refractivity contribution is 5.86. The van der Waals surface area contributed by atoms with Gasteiger partial charge in [0.1, 0.15) is 23.8 Å². The van der Waals surface area contributed by atoms with Crippen molar-refractivity contribution in [1.29, 1.82) is 15.8 Å². The van der Waals surface area contributed by atoms with Gasteiger partial charge in [0.05, 0.1) is 5.57 Å². The molecule has 0 saturated carbocycles. The van der Waals surface area contributed by atoms with E-state index in [2.05, 4.69) is 44.2 Å². The van der Waals surface area contributed by atoms with Crippen LogP contribution in [0.1, 0.15) is 26.7 Å². The molecular weight excluding hydrogens is 332 g/mol. The smallest absolute Gasteiger partial charge is 0.134 e. The summed E-state index contributed by atoms with van der Waals surface area (Å²) >= 11 is 0. The summed E-state index contributed by atoms with van der Waals surface area (Å²) in [6, 6.07) is 20.5. The third kappa shape index (κ3) is 3.41. The summed E-state index contributed by atoms with van der Waals surface area (Å²) in [5.74, 6) is 0. The van der Waals surface area contributed by atoms with E-state index >= 15 is 0 Å². The number of allylic oxidation sites excluding steroid dienone is 4. The van der Waals surface area contributed by atoms with Crippen LogP contribution >= 0.6 is 0 Å². The van der Waals surface area contributed by atoms with E-state index in [-0.39, 0.29) is 11.0 Å². The van der Waals surface area contributed by atoms with Gasteiger partial charge < -0.3 is 4.90 Å². The lowest BCUT2D eigenvalue weighted by Gasteiger charge is -2.37. The van der Waals surface area contributed by atoms with Crippen LogP contribution < -0.4 is 4.90 Å². The van der Waals surface area contributed by atoms with Crippen molar-refractivity contribution in [2.45, 2.75) is 26.7 Å².